The minimum absolute atomic E-state index is 0.472. The van der Waals surface area contributed by atoms with E-state index in [1.165, 1.54) is 11.3 Å². The van der Waals surface area contributed by atoms with Crippen LogP contribution in [0.1, 0.15) is 26.5 Å². The van der Waals surface area contributed by atoms with Crippen LogP contribution < -0.4 is 5.32 Å². The highest BCUT2D eigenvalue weighted by atomic mass is 32.1. The van der Waals surface area contributed by atoms with Gasteiger partial charge in [-0.25, -0.2) is 9.78 Å². The first kappa shape index (κ1) is 16.3. The van der Waals surface area contributed by atoms with E-state index in [9.17, 15) is 4.79 Å². The second-order valence-electron chi connectivity index (χ2n) is 5.35. The van der Waals surface area contributed by atoms with Crippen LogP contribution in [0.3, 0.4) is 0 Å². The number of carbonyl (C=O) groups excluding carboxylic acids is 1. The predicted octanol–water partition coefficient (Wildman–Crippen LogP) is 3.47. The largest absolute Gasteiger partial charge is 0.444 e. The van der Waals surface area contributed by atoms with Crippen LogP contribution >= 0.6 is 23.6 Å². The number of nitrogens with one attached hydrogen (secondary N) is 1. The van der Waals surface area contributed by atoms with Crippen molar-refractivity contribution in [1.29, 1.82) is 0 Å². The number of rotatable bonds is 4. The first-order valence-electron chi connectivity index (χ1n) is 6.41. The summed E-state index contributed by atoms with van der Waals surface area (Å²) < 4.78 is 6.85. The highest BCUT2D eigenvalue weighted by molar-refractivity contribution is 7.78. The Labute approximate surface area is 137 Å². The predicted molar refractivity (Wildman–Crippen MR) is 88.0 cm³/mol. The summed E-state index contributed by atoms with van der Waals surface area (Å²) in [7, 11) is 0. The summed E-state index contributed by atoms with van der Waals surface area (Å²) in [6, 6.07) is 1.73. The van der Waals surface area contributed by atoms with Crippen LogP contribution in [0.5, 0.6) is 0 Å². The number of aromatic nitrogens is 3. The number of nitrogens with zero attached hydrogens (tertiary/aromatic N) is 4. The topological polar surface area (TPSA) is 81.4 Å². The lowest BCUT2D eigenvalue weighted by Gasteiger charge is -2.18. The average Bonchev–Trinajstić information content (AvgIpc) is 2.98. The number of hydrogen-bond donors (Lipinski definition) is 1. The Morgan fingerprint density at radius 1 is 1.59 bits per heavy atom. The van der Waals surface area contributed by atoms with Gasteiger partial charge in [0, 0.05) is 17.6 Å². The quantitative estimate of drug-likeness (QED) is 0.682. The molecule has 0 aliphatic carbocycles. The van der Waals surface area contributed by atoms with Gasteiger partial charge in [-0.3, -0.25) is 10.00 Å². The number of thiazole rings is 1. The zero-order chi connectivity index (χ0) is 16.2. The molecule has 0 spiro atoms. The number of ether oxygens (including phenoxy) is 1. The zero-order valence-corrected chi connectivity index (χ0v) is 14.0. The SMILES string of the molecule is CC(C)(C)OC(=O)Nc1nc(Cn2ccc(N=C=S)n2)cs1. The van der Waals surface area contributed by atoms with Crippen molar-refractivity contribution in [3.05, 3.63) is 23.3 Å². The minimum Gasteiger partial charge on any atom is -0.444 e. The van der Waals surface area contributed by atoms with E-state index in [2.05, 4.69) is 37.8 Å². The number of amides is 1. The van der Waals surface area contributed by atoms with Crippen LogP contribution in [0, 0.1) is 0 Å². The fourth-order valence-corrected chi connectivity index (χ4v) is 2.32. The minimum atomic E-state index is -0.544. The number of hydrogen-bond acceptors (Lipinski definition) is 7. The molecule has 0 atom stereocenters. The standard InChI is InChI=1S/C13H15N5O2S2/c1-13(2,3)20-12(19)16-11-15-9(7-22-11)6-18-5-4-10(17-18)14-8-21/h4-5,7H,6H2,1-3H3,(H,15,16,19). The maximum atomic E-state index is 11.7. The third-order valence-corrected chi connectivity index (χ3v) is 3.17. The van der Waals surface area contributed by atoms with Crippen molar-refractivity contribution in [2.75, 3.05) is 5.32 Å². The fourth-order valence-electron chi connectivity index (χ4n) is 1.54. The van der Waals surface area contributed by atoms with E-state index in [0.717, 1.165) is 5.69 Å². The summed E-state index contributed by atoms with van der Waals surface area (Å²) in [6.07, 6.45) is 1.25. The zero-order valence-electron chi connectivity index (χ0n) is 12.4. The lowest BCUT2D eigenvalue weighted by molar-refractivity contribution is 0.0636. The first-order chi connectivity index (χ1) is 10.4. The third-order valence-electron chi connectivity index (χ3n) is 2.27. The van der Waals surface area contributed by atoms with Gasteiger partial charge in [-0.2, -0.15) is 10.1 Å². The maximum absolute atomic E-state index is 11.7. The van der Waals surface area contributed by atoms with Crippen molar-refractivity contribution in [3.8, 4) is 0 Å². The molecule has 0 fully saturated rings. The number of anilines is 1. The van der Waals surface area contributed by atoms with Crippen molar-refractivity contribution in [3.63, 3.8) is 0 Å². The van der Waals surface area contributed by atoms with E-state index in [0.29, 0.717) is 17.5 Å². The van der Waals surface area contributed by atoms with Crippen LogP contribution in [-0.4, -0.2) is 31.6 Å². The van der Waals surface area contributed by atoms with Gasteiger partial charge in [0.2, 0.25) is 0 Å². The second-order valence-corrected chi connectivity index (χ2v) is 6.39. The van der Waals surface area contributed by atoms with Crippen LogP contribution in [0.4, 0.5) is 15.7 Å². The van der Waals surface area contributed by atoms with Crippen molar-refractivity contribution in [2.45, 2.75) is 32.9 Å². The Bertz CT molecular complexity index is 710. The normalized spacial score (nSPS) is 10.9. The Morgan fingerprint density at radius 2 is 2.36 bits per heavy atom. The lowest BCUT2D eigenvalue weighted by Crippen LogP contribution is -2.27. The highest BCUT2D eigenvalue weighted by Crippen LogP contribution is 2.18. The molecule has 9 heteroatoms. The second kappa shape index (κ2) is 6.78. The van der Waals surface area contributed by atoms with Crippen molar-refractivity contribution in [2.24, 2.45) is 4.99 Å². The monoisotopic (exact) mass is 337 g/mol. The molecule has 0 bridgehead atoms. The molecule has 0 saturated carbocycles. The van der Waals surface area contributed by atoms with Gasteiger partial charge in [-0.05, 0) is 33.0 Å². The molecule has 0 aliphatic rings. The molecule has 22 heavy (non-hydrogen) atoms. The average molecular weight is 337 g/mol. The molecule has 0 aromatic carbocycles. The maximum Gasteiger partial charge on any atom is 0.413 e. The van der Waals surface area contributed by atoms with E-state index < -0.39 is 11.7 Å². The van der Waals surface area contributed by atoms with Gasteiger partial charge in [0.25, 0.3) is 0 Å². The molecule has 1 amide bonds. The molecule has 2 rings (SSSR count). The van der Waals surface area contributed by atoms with E-state index in [-0.39, 0.29) is 0 Å². The summed E-state index contributed by atoms with van der Waals surface area (Å²) in [4.78, 5) is 19.8. The smallest absolute Gasteiger partial charge is 0.413 e. The summed E-state index contributed by atoms with van der Waals surface area (Å²) in [5.41, 5.74) is 0.231. The lowest BCUT2D eigenvalue weighted by atomic mass is 10.2. The number of isothiocyanates is 1. The van der Waals surface area contributed by atoms with Crippen molar-refractivity contribution >= 4 is 45.8 Å². The van der Waals surface area contributed by atoms with E-state index in [1.54, 1.807) is 37.7 Å². The molecule has 2 aromatic rings. The van der Waals surface area contributed by atoms with E-state index in [1.807, 2.05) is 5.38 Å². The van der Waals surface area contributed by atoms with Gasteiger partial charge in [-0.15, -0.1) is 11.3 Å². The van der Waals surface area contributed by atoms with Gasteiger partial charge in [0.1, 0.15) is 5.60 Å². The Kier molecular flexibility index (Phi) is 5.02. The van der Waals surface area contributed by atoms with Gasteiger partial charge in [0.15, 0.2) is 10.9 Å². The van der Waals surface area contributed by atoms with Gasteiger partial charge in [-0.1, -0.05) is 0 Å². The molecule has 0 radical (unpaired) electrons. The van der Waals surface area contributed by atoms with Gasteiger partial charge < -0.3 is 4.74 Å². The highest BCUT2D eigenvalue weighted by Gasteiger charge is 2.17. The number of carbonyl (C=O) groups is 1. The summed E-state index contributed by atoms with van der Waals surface area (Å²) in [5, 5.41) is 11.4. The van der Waals surface area contributed by atoms with Crippen LogP contribution in [-0.2, 0) is 11.3 Å². The molecular weight excluding hydrogens is 322 g/mol. The molecule has 2 heterocycles. The Balaban J connectivity index is 1.96. The summed E-state index contributed by atoms with van der Waals surface area (Å²) in [6.45, 7) is 5.88. The number of aliphatic imine (C=N–C) groups is 1. The van der Waals surface area contributed by atoms with E-state index >= 15 is 0 Å². The van der Waals surface area contributed by atoms with Gasteiger partial charge >= 0.3 is 6.09 Å². The van der Waals surface area contributed by atoms with Crippen LogP contribution in [0.25, 0.3) is 0 Å². The fraction of sp³-hybridized carbons (Fsp3) is 0.385. The first-order valence-corrected chi connectivity index (χ1v) is 7.70. The number of thiocarbonyl (C=S) groups is 1. The molecule has 2 aromatic heterocycles. The Hall–Kier alpha value is -2.09. The Morgan fingerprint density at radius 3 is 3.05 bits per heavy atom. The molecule has 0 saturated heterocycles. The summed E-state index contributed by atoms with van der Waals surface area (Å²) >= 11 is 5.85. The van der Waals surface area contributed by atoms with E-state index in [4.69, 9.17) is 4.74 Å². The van der Waals surface area contributed by atoms with Crippen LogP contribution in [0.15, 0.2) is 22.6 Å². The molecule has 1 N–H and O–H groups in total. The summed E-state index contributed by atoms with van der Waals surface area (Å²) in [5.74, 6) is 0.498. The van der Waals surface area contributed by atoms with Crippen molar-refractivity contribution in [1.82, 2.24) is 14.8 Å². The third kappa shape index (κ3) is 5.03. The molecule has 0 unspecified atom stereocenters. The molecular formula is C13H15N5O2S2. The molecule has 7 nitrogen and oxygen atoms in total. The molecule has 0 aliphatic heterocycles. The van der Waals surface area contributed by atoms with Crippen LogP contribution in [0.2, 0.25) is 0 Å². The van der Waals surface area contributed by atoms with Crippen molar-refractivity contribution < 1.29 is 9.53 Å². The molecule has 116 valence electrons. The van der Waals surface area contributed by atoms with Gasteiger partial charge in [0.05, 0.1) is 17.4 Å².